The summed E-state index contributed by atoms with van der Waals surface area (Å²) in [6.45, 7) is -0.0267. The first-order chi connectivity index (χ1) is 9.43. The molecule has 1 rings (SSSR count). The van der Waals surface area contributed by atoms with Gasteiger partial charge in [0.1, 0.15) is 6.61 Å². The molecule has 0 spiro atoms. The van der Waals surface area contributed by atoms with E-state index < -0.39 is 16.9 Å². The number of nitro groups is 1. The first-order valence-corrected chi connectivity index (χ1v) is 6.17. The van der Waals surface area contributed by atoms with Gasteiger partial charge >= 0.3 is 5.97 Å². The minimum Gasteiger partial charge on any atom is -0.459 e. The second-order valence-corrected chi connectivity index (χ2v) is 4.15. The van der Waals surface area contributed by atoms with Crippen LogP contribution in [-0.2, 0) is 16.1 Å². The topological polar surface area (TPSA) is 134 Å². The molecule has 0 aliphatic heterocycles. The molecular formula is C11H14N4O4S. The van der Waals surface area contributed by atoms with Crippen LogP contribution in [0.5, 0.6) is 0 Å². The quantitative estimate of drug-likeness (QED) is 0.172. The summed E-state index contributed by atoms with van der Waals surface area (Å²) < 4.78 is 5.01. The Hall–Kier alpha value is -2.29. The molecule has 0 aromatic heterocycles. The second-order valence-electron chi connectivity index (χ2n) is 3.78. The number of benzene rings is 1. The second kappa shape index (κ2) is 7.34. The first kappa shape index (κ1) is 15.8. The number of ether oxygens (including phenoxy) is 1. The average Bonchev–Trinajstić information content (AvgIpc) is 2.42. The zero-order valence-electron chi connectivity index (χ0n) is 10.4. The molecule has 1 atom stereocenters. The normalized spacial score (nSPS) is 11.4. The predicted octanol–water partition coefficient (Wildman–Crippen LogP) is 0.210. The van der Waals surface area contributed by atoms with E-state index in [2.05, 4.69) is 17.6 Å². The number of esters is 1. The van der Waals surface area contributed by atoms with Crippen LogP contribution in [0, 0.1) is 10.1 Å². The number of carbonyl (C=O) groups is 1. The number of rotatable bonds is 6. The third-order valence-corrected chi connectivity index (χ3v) is 2.62. The van der Waals surface area contributed by atoms with E-state index in [-0.39, 0.29) is 24.0 Å². The molecule has 1 aromatic rings. The van der Waals surface area contributed by atoms with Crippen molar-refractivity contribution in [1.82, 2.24) is 0 Å². The van der Waals surface area contributed by atoms with E-state index in [1.54, 1.807) is 0 Å². The molecule has 0 radical (unpaired) electrons. The smallest absolute Gasteiger partial charge is 0.332 e. The van der Waals surface area contributed by atoms with Gasteiger partial charge in [0, 0.05) is 17.9 Å². The van der Waals surface area contributed by atoms with Crippen LogP contribution in [0.3, 0.4) is 0 Å². The Morgan fingerprint density at radius 3 is 2.45 bits per heavy atom. The van der Waals surface area contributed by atoms with Crippen molar-refractivity contribution in [2.75, 3.05) is 5.75 Å². The van der Waals surface area contributed by atoms with Crippen LogP contribution in [0.4, 0.5) is 5.69 Å². The Kier molecular flexibility index (Phi) is 5.78. The van der Waals surface area contributed by atoms with Crippen molar-refractivity contribution in [3.63, 3.8) is 0 Å². The zero-order valence-corrected chi connectivity index (χ0v) is 11.3. The highest BCUT2D eigenvalue weighted by Gasteiger charge is 2.17. The number of thiol groups is 1. The third-order valence-electron chi connectivity index (χ3n) is 2.28. The van der Waals surface area contributed by atoms with Crippen molar-refractivity contribution in [3.8, 4) is 0 Å². The number of hydrogen-bond donors (Lipinski definition) is 3. The monoisotopic (exact) mass is 298 g/mol. The molecule has 0 saturated heterocycles. The van der Waals surface area contributed by atoms with E-state index in [1.165, 1.54) is 24.3 Å². The van der Waals surface area contributed by atoms with Gasteiger partial charge in [-0.25, -0.2) is 9.79 Å². The molecule has 1 aromatic carbocycles. The summed E-state index contributed by atoms with van der Waals surface area (Å²) in [6, 6.07) is 4.79. The number of guanidine groups is 1. The van der Waals surface area contributed by atoms with Crippen molar-refractivity contribution < 1.29 is 14.5 Å². The largest absolute Gasteiger partial charge is 0.459 e. The number of nitrogens with zero attached hydrogens (tertiary/aromatic N) is 2. The van der Waals surface area contributed by atoms with Crippen molar-refractivity contribution >= 4 is 30.2 Å². The highest BCUT2D eigenvalue weighted by Crippen LogP contribution is 2.13. The fraction of sp³-hybridized carbons (Fsp3) is 0.273. The van der Waals surface area contributed by atoms with Crippen molar-refractivity contribution in [3.05, 3.63) is 39.9 Å². The molecule has 1 unspecified atom stereocenters. The Labute approximate surface area is 120 Å². The first-order valence-electron chi connectivity index (χ1n) is 5.53. The van der Waals surface area contributed by atoms with Crippen LogP contribution in [0.1, 0.15) is 5.56 Å². The average molecular weight is 298 g/mol. The standard InChI is InChI=1S/C11H14N4O4S/c12-11(13)14-9(6-20)10(16)19-5-7-1-3-8(4-2-7)15(17)18/h1-4,9,20H,5-6H2,(H4,12,13,14). The lowest BCUT2D eigenvalue weighted by Gasteiger charge is -2.10. The van der Waals surface area contributed by atoms with Gasteiger partial charge in [0.25, 0.3) is 5.69 Å². The van der Waals surface area contributed by atoms with Gasteiger partial charge in [0.05, 0.1) is 4.92 Å². The van der Waals surface area contributed by atoms with Crippen molar-refractivity contribution in [1.29, 1.82) is 0 Å². The number of non-ortho nitro benzene ring substituents is 1. The van der Waals surface area contributed by atoms with Crippen LogP contribution in [0.15, 0.2) is 29.3 Å². The van der Waals surface area contributed by atoms with Crippen LogP contribution in [0.2, 0.25) is 0 Å². The molecule has 0 aliphatic carbocycles. The van der Waals surface area contributed by atoms with E-state index in [0.29, 0.717) is 5.56 Å². The molecule has 0 bridgehead atoms. The fourth-order valence-electron chi connectivity index (χ4n) is 1.31. The number of aliphatic imine (C=N–C) groups is 1. The highest BCUT2D eigenvalue weighted by molar-refractivity contribution is 7.80. The van der Waals surface area contributed by atoms with Crippen molar-refractivity contribution in [2.45, 2.75) is 12.6 Å². The molecule has 20 heavy (non-hydrogen) atoms. The van der Waals surface area contributed by atoms with Crippen molar-refractivity contribution in [2.24, 2.45) is 16.5 Å². The van der Waals surface area contributed by atoms with Gasteiger partial charge in [-0.2, -0.15) is 12.6 Å². The summed E-state index contributed by atoms with van der Waals surface area (Å²) >= 11 is 3.95. The van der Waals surface area contributed by atoms with Gasteiger partial charge in [-0.1, -0.05) is 0 Å². The number of nitrogens with two attached hydrogens (primary N) is 2. The van der Waals surface area contributed by atoms with Crippen LogP contribution >= 0.6 is 12.6 Å². The summed E-state index contributed by atoms with van der Waals surface area (Å²) in [6.07, 6.45) is 0. The summed E-state index contributed by atoms with van der Waals surface area (Å²) in [4.78, 5) is 25.3. The predicted molar refractivity (Wildman–Crippen MR) is 76.3 cm³/mol. The minimum absolute atomic E-state index is 0.0267. The minimum atomic E-state index is -0.874. The van der Waals surface area contributed by atoms with E-state index >= 15 is 0 Å². The molecule has 0 amide bonds. The van der Waals surface area contributed by atoms with Crippen LogP contribution in [0.25, 0.3) is 0 Å². The summed E-state index contributed by atoms with van der Waals surface area (Å²) in [5, 5.41) is 10.5. The number of carbonyl (C=O) groups excluding carboxylic acids is 1. The maximum Gasteiger partial charge on any atom is 0.332 e. The summed E-state index contributed by atoms with van der Waals surface area (Å²) in [7, 11) is 0. The molecule has 8 nitrogen and oxygen atoms in total. The summed E-state index contributed by atoms with van der Waals surface area (Å²) in [5.41, 5.74) is 10.9. The van der Waals surface area contributed by atoms with Crippen LogP contribution in [-0.4, -0.2) is 28.6 Å². The Balaban J connectivity index is 2.60. The molecule has 4 N–H and O–H groups in total. The number of hydrogen-bond acceptors (Lipinski definition) is 6. The van der Waals surface area contributed by atoms with Gasteiger partial charge in [-0.15, -0.1) is 0 Å². The molecule has 0 fully saturated rings. The molecule has 0 saturated carbocycles. The van der Waals surface area contributed by atoms with E-state index in [9.17, 15) is 14.9 Å². The van der Waals surface area contributed by atoms with E-state index in [4.69, 9.17) is 16.2 Å². The lowest BCUT2D eigenvalue weighted by molar-refractivity contribution is -0.384. The Bertz CT molecular complexity index is 514. The molecule has 9 heteroatoms. The fourth-order valence-corrected chi connectivity index (χ4v) is 1.54. The van der Waals surface area contributed by atoms with E-state index in [0.717, 1.165) is 0 Å². The molecular weight excluding hydrogens is 284 g/mol. The third kappa shape index (κ3) is 4.76. The van der Waals surface area contributed by atoms with E-state index in [1.807, 2.05) is 0 Å². The lowest BCUT2D eigenvalue weighted by Crippen LogP contribution is -2.31. The molecule has 0 heterocycles. The Morgan fingerprint density at radius 2 is 2.00 bits per heavy atom. The maximum absolute atomic E-state index is 11.7. The van der Waals surface area contributed by atoms with Gasteiger partial charge in [-0.3, -0.25) is 10.1 Å². The van der Waals surface area contributed by atoms with Gasteiger partial charge in [0.2, 0.25) is 0 Å². The zero-order chi connectivity index (χ0) is 15.1. The van der Waals surface area contributed by atoms with Gasteiger partial charge < -0.3 is 16.2 Å². The Morgan fingerprint density at radius 1 is 1.40 bits per heavy atom. The maximum atomic E-state index is 11.7. The number of nitro benzene ring substituents is 1. The molecule has 0 aliphatic rings. The van der Waals surface area contributed by atoms with Gasteiger partial charge in [-0.05, 0) is 17.7 Å². The lowest BCUT2D eigenvalue weighted by atomic mass is 10.2. The van der Waals surface area contributed by atoms with Gasteiger partial charge in [0.15, 0.2) is 12.0 Å². The highest BCUT2D eigenvalue weighted by atomic mass is 32.1. The van der Waals surface area contributed by atoms with Crippen LogP contribution < -0.4 is 11.5 Å². The SMILES string of the molecule is NC(N)=NC(CS)C(=O)OCc1ccc([N+](=O)[O-])cc1. The molecule has 108 valence electrons. The summed E-state index contributed by atoms with van der Waals surface area (Å²) in [5.74, 6) is -0.736.